The lowest BCUT2D eigenvalue weighted by molar-refractivity contribution is 0.870. The zero-order valence-corrected chi connectivity index (χ0v) is 12.1. The van der Waals surface area contributed by atoms with Gasteiger partial charge in [0.25, 0.3) is 0 Å². The summed E-state index contributed by atoms with van der Waals surface area (Å²) in [6, 6.07) is 13.9. The van der Waals surface area contributed by atoms with Gasteiger partial charge in [-0.25, -0.2) is 4.98 Å². The number of hydrogen-bond acceptors (Lipinski definition) is 3. The molecule has 0 aliphatic rings. The second-order valence-electron chi connectivity index (χ2n) is 5.23. The van der Waals surface area contributed by atoms with Crippen molar-refractivity contribution in [3.63, 3.8) is 0 Å². The topological polar surface area (TPSA) is 67.6 Å². The highest BCUT2D eigenvalue weighted by Crippen LogP contribution is 2.27. The smallest absolute Gasteiger partial charge is 0.142 e. The third-order valence-electron chi connectivity index (χ3n) is 3.76. The van der Waals surface area contributed by atoms with Gasteiger partial charge < -0.3 is 10.3 Å². The molecule has 0 aliphatic carbocycles. The Kier molecular flexibility index (Phi) is 3.11. The third-order valence-corrected chi connectivity index (χ3v) is 3.76. The number of fused-ring (bicyclic) bond motifs is 1. The van der Waals surface area contributed by atoms with E-state index in [-0.39, 0.29) is 6.54 Å². The van der Waals surface area contributed by atoms with Crippen LogP contribution in [-0.2, 0) is 6.54 Å². The molecule has 0 amide bonds. The molecule has 2 N–H and O–H groups in total. The van der Waals surface area contributed by atoms with Crippen molar-refractivity contribution >= 4 is 16.7 Å². The van der Waals surface area contributed by atoms with Crippen molar-refractivity contribution in [1.82, 2.24) is 9.55 Å². The van der Waals surface area contributed by atoms with E-state index in [0.29, 0.717) is 5.69 Å². The van der Waals surface area contributed by atoms with Gasteiger partial charge in [0.2, 0.25) is 0 Å². The highest BCUT2D eigenvalue weighted by atomic mass is 15.1. The first-order chi connectivity index (χ1) is 10.1. The molecular weight excluding hydrogens is 260 g/mol. The molecule has 3 rings (SSSR count). The first-order valence-corrected chi connectivity index (χ1v) is 6.80. The van der Waals surface area contributed by atoms with Crippen molar-refractivity contribution in [2.45, 2.75) is 20.4 Å². The number of nitriles is 1. The number of hydrogen-bond donors (Lipinski definition) is 1. The highest BCUT2D eigenvalue weighted by Gasteiger charge is 2.13. The summed E-state index contributed by atoms with van der Waals surface area (Å²) in [4.78, 5) is 4.70. The minimum atomic E-state index is 0.276. The highest BCUT2D eigenvalue weighted by molar-refractivity contribution is 5.82. The molecule has 21 heavy (non-hydrogen) atoms. The van der Waals surface area contributed by atoms with Gasteiger partial charge in [0.05, 0.1) is 17.1 Å². The predicted molar refractivity (Wildman–Crippen MR) is 84.7 cm³/mol. The number of benzene rings is 2. The van der Waals surface area contributed by atoms with Crippen LogP contribution in [-0.4, -0.2) is 9.55 Å². The Bertz CT molecular complexity index is 851. The van der Waals surface area contributed by atoms with E-state index in [1.54, 1.807) is 0 Å². The third kappa shape index (κ3) is 2.23. The van der Waals surface area contributed by atoms with Crippen molar-refractivity contribution in [3.8, 4) is 17.5 Å². The van der Waals surface area contributed by atoms with Gasteiger partial charge in [-0.05, 0) is 61.4 Å². The number of anilines is 1. The lowest BCUT2D eigenvalue weighted by Gasteiger charge is -2.06. The monoisotopic (exact) mass is 276 g/mol. The van der Waals surface area contributed by atoms with Gasteiger partial charge in [-0.15, -0.1) is 0 Å². The zero-order valence-electron chi connectivity index (χ0n) is 12.1. The molecule has 0 saturated heterocycles. The van der Waals surface area contributed by atoms with Gasteiger partial charge in [0.1, 0.15) is 12.4 Å². The van der Waals surface area contributed by atoms with E-state index in [0.717, 1.165) is 22.4 Å². The lowest BCUT2D eigenvalue weighted by Crippen LogP contribution is -1.99. The van der Waals surface area contributed by atoms with Crippen LogP contribution in [0.5, 0.6) is 0 Å². The Morgan fingerprint density at radius 2 is 1.81 bits per heavy atom. The largest absolute Gasteiger partial charge is 0.399 e. The minimum Gasteiger partial charge on any atom is -0.399 e. The molecule has 1 heterocycles. The number of imidazole rings is 1. The summed E-state index contributed by atoms with van der Waals surface area (Å²) < 4.78 is 1.95. The molecule has 0 saturated carbocycles. The standard InChI is InChI=1S/C17H16N4/c1-11-9-15-16(10-12(11)2)21(8-7-18)17(20-15)13-3-5-14(19)6-4-13/h3-6,9-10H,8,19H2,1-2H3. The number of nitrogens with zero attached hydrogens (tertiary/aromatic N) is 3. The van der Waals surface area contributed by atoms with Crippen LogP contribution in [0, 0.1) is 25.2 Å². The second-order valence-corrected chi connectivity index (χ2v) is 5.23. The van der Waals surface area contributed by atoms with Crippen LogP contribution in [0.1, 0.15) is 11.1 Å². The van der Waals surface area contributed by atoms with Crippen molar-refractivity contribution in [3.05, 3.63) is 47.5 Å². The molecule has 0 aliphatic heterocycles. The second kappa shape index (κ2) is 4.95. The Hall–Kier alpha value is -2.80. The van der Waals surface area contributed by atoms with Gasteiger partial charge in [-0.3, -0.25) is 0 Å². The van der Waals surface area contributed by atoms with Gasteiger partial charge >= 0.3 is 0 Å². The van der Waals surface area contributed by atoms with E-state index in [1.165, 1.54) is 11.1 Å². The minimum absolute atomic E-state index is 0.276. The van der Waals surface area contributed by atoms with E-state index in [1.807, 2.05) is 28.8 Å². The molecular formula is C17H16N4. The Balaban J connectivity index is 2.29. The van der Waals surface area contributed by atoms with Gasteiger partial charge in [0, 0.05) is 11.3 Å². The molecule has 0 spiro atoms. The summed E-state index contributed by atoms with van der Waals surface area (Å²) in [6.07, 6.45) is 0. The Morgan fingerprint density at radius 1 is 1.14 bits per heavy atom. The number of aryl methyl sites for hydroxylation is 2. The fraction of sp³-hybridized carbons (Fsp3) is 0.176. The number of nitrogens with two attached hydrogens (primary N) is 1. The lowest BCUT2D eigenvalue weighted by atomic mass is 10.1. The number of rotatable bonds is 2. The summed E-state index contributed by atoms with van der Waals surface area (Å²) in [5.41, 5.74) is 11.7. The van der Waals surface area contributed by atoms with Crippen molar-refractivity contribution in [2.24, 2.45) is 0 Å². The van der Waals surface area contributed by atoms with Gasteiger partial charge in [-0.1, -0.05) is 0 Å². The van der Waals surface area contributed by atoms with E-state index in [4.69, 9.17) is 16.0 Å². The van der Waals surface area contributed by atoms with Crippen LogP contribution in [0.3, 0.4) is 0 Å². The molecule has 2 aromatic carbocycles. The van der Waals surface area contributed by atoms with E-state index < -0.39 is 0 Å². The summed E-state index contributed by atoms with van der Waals surface area (Å²) in [5, 5.41) is 9.12. The Morgan fingerprint density at radius 3 is 2.48 bits per heavy atom. The van der Waals surface area contributed by atoms with Crippen molar-refractivity contribution in [1.29, 1.82) is 5.26 Å². The molecule has 0 radical (unpaired) electrons. The molecule has 0 bridgehead atoms. The van der Waals surface area contributed by atoms with E-state index in [9.17, 15) is 0 Å². The number of aromatic nitrogens is 2. The Labute approximate surface area is 123 Å². The predicted octanol–water partition coefficient (Wildman–Crippen LogP) is 3.43. The maximum absolute atomic E-state index is 9.12. The molecule has 4 nitrogen and oxygen atoms in total. The molecule has 0 unspecified atom stereocenters. The molecule has 3 aromatic rings. The maximum Gasteiger partial charge on any atom is 0.142 e. The van der Waals surface area contributed by atoms with Crippen LogP contribution in [0.4, 0.5) is 5.69 Å². The molecule has 104 valence electrons. The van der Waals surface area contributed by atoms with Crippen LogP contribution in [0.2, 0.25) is 0 Å². The maximum atomic E-state index is 9.12. The summed E-state index contributed by atoms with van der Waals surface area (Å²) in [7, 11) is 0. The van der Waals surface area contributed by atoms with Gasteiger partial charge in [-0.2, -0.15) is 5.26 Å². The van der Waals surface area contributed by atoms with Crippen LogP contribution in [0.25, 0.3) is 22.4 Å². The van der Waals surface area contributed by atoms with Crippen molar-refractivity contribution < 1.29 is 0 Å². The first-order valence-electron chi connectivity index (χ1n) is 6.80. The van der Waals surface area contributed by atoms with Crippen LogP contribution < -0.4 is 5.73 Å². The SMILES string of the molecule is Cc1cc2nc(-c3ccc(N)cc3)n(CC#N)c2cc1C. The fourth-order valence-corrected chi connectivity index (χ4v) is 2.46. The number of nitrogen functional groups attached to an aromatic ring is 1. The molecule has 0 fully saturated rings. The van der Waals surface area contributed by atoms with E-state index >= 15 is 0 Å². The molecule has 0 atom stereocenters. The van der Waals surface area contributed by atoms with Crippen molar-refractivity contribution in [2.75, 3.05) is 5.73 Å². The van der Waals surface area contributed by atoms with Gasteiger partial charge in [0.15, 0.2) is 0 Å². The van der Waals surface area contributed by atoms with Crippen LogP contribution >= 0.6 is 0 Å². The van der Waals surface area contributed by atoms with E-state index in [2.05, 4.69) is 32.0 Å². The normalized spacial score (nSPS) is 10.7. The average Bonchev–Trinajstić information content (AvgIpc) is 2.79. The summed E-state index contributed by atoms with van der Waals surface area (Å²) in [6.45, 7) is 4.42. The summed E-state index contributed by atoms with van der Waals surface area (Å²) >= 11 is 0. The summed E-state index contributed by atoms with van der Waals surface area (Å²) in [5.74, 6) is 0.802. The molecule has 1 aromatic heterocycles. The molecule has 4 heteroatoms. The van der Waals surface area contributed by atoms with Crippen LogP contribution in [0.15, 0.2) is 36.4 Å². The average molecular weight is 276 g/mol. The zero-order chi connectivity index (χ0) is 15.0. The first kappa shape index (κ1) is 13.2. The quantitative estimate of drug-likeness (QED) is 0.729. The fourth-order valence-electron chi connectivity index (χ4n) is 2.46.